The molecule has 0 spiro atoms. The van der Waals surface area contributed by atoms with E-state index < -0.39 is 24.4 Å². The van der Waals surface area contributed by atoms with Gasteiger partial charge in [-0.25, -0.2) is 0 Å². The second-order valence-electron chi connectivity index (χ2n) is 9.72. The lowest BCUT2D eigenvalue weighted by molar-refractivity contribution is -0.122. The van der Waals surface area contributed by atoms with Gasteiger partial charge in [-0.15, -0.1) is 0 Å². The second kappa shape index (κ2) is 10.6. The highest BCUT2D eigenvalue weighted by Gasteiger charge is 2.54. The van der Waals surface area contributed by atoms with E-state index in [1.165, 1.54) is 5.56 Å². The van der Waals surface area contributed by atoms with Gasteiger partial charge < -0.3 is 20.4 Å². The fraction of sp³-hybridized carbons (Fsp3) is 0.462. The van der Waals surface area contributed by atoms with Crippen LogP contribution in [0.15, 0.2) is 60.7 Å². The monoisotopic (exact) mass is 450 g/mol. The molecule has 1 fully saturated rings. The number of Topliss-reactive ketones (excluding diaryl/α,β-unsaturated/α-hetero) is 1. The van der Waals surface area contributed by atoms with Crippen LogP contribution in [0.4, 0.5) is 0 Å². The number of rotatable bonds is 10. The van der Waals surface area contributed by atoms with Crippen LogP contribution >= 0.6 is 0 Å². The number of hydrogen-bond acceptors (Lipinski definition) is 5. The Labute approximate surface area is 197 Å². The minimum atomic E-state index is -0.947. The lowest BCUT2D eigenvalue weighted by Gasteiger charge is -2.32. The van der Waals surface area contributed by atoms with E-state index in [4.69, 9.17) is 15.0 Å². The number of carbonyl (C=O) groups is 2. The summed E-state index contributed by atoms with van der Waals surface area (Å²) in [5.74, 6) is -0.909. The summed E-state index contributed by atoms with van der Waals surface area (Å²) in [5, 5.41) is 3.01. The number of amides is 1. The Hall–Kier alpha value is -2.48. The average molecular weight is 450 g/mol. The molecule has 3 N–H and O–H groups in total. The summed E-state index contributed by atoms with van der Waals surface area (Å²) in [7, 11) is -0.591. The zero-order valence-electron chi connectivity index (χ0n) is 20.0. The first-order chi connectivity index (χ1) is 15.6. The molecule has 0 saturated carbocycles. The van der Waals surface area contributed by atoms with E-state index in [-0.39, 0.29) is 24.1 Å². The number of hydrogen-bond donors (Lipinski definition) is 2. The maximum atomic E-state index is 12.9. The molecule has 1 saturated heterocycles. The quantitative estimate of drug-likeness (QED) is 0.425. The third-order valence-electron chi connectivity index (χ3n) is 6.59. The molecule has 33 heavy (non-hydrogen) atoms. The molecule has 1 unspecified atom stereocenters. The summed E-state index contributed by atoms with van der Waals surface area (Å²) < 4.78 is 12.4. The number of ketones is 1. The van der Waals surface area contributed by atoms with Gasteiger partial charge in [0.15, 0.2) is 5.78 Å². The Morgan fingerprint density at radius 3 is 2.06 bits per heavy atom. The fourth-order valence-electron chi connectivity index (χ4n) is 3.82. The normalized spacial score (nSPS) is 18.5. The zero-order chi connectivity index (χ0) is 24.1. The summed E-state index contributed by atoms with van der Waals surface area (Å²) in [6.07, 6.45) is 2.33. The van der Waals surface area contributed by atoms with E-state index in [0.29, 0.717) is 12.0 Å². The Morgan fingerprint density at radius 1 is 0.939 bits per heavy atom. The predicted molar refractivity (Wildman–Crippen MR) is 131 cm³/mol. The first-order valence-corrected chi connectivity index (χ1v) is 11.6. The molecule has 0 aromatic heterocycles. The SMILES string of the molecule is CC1(C)OB([C@H](CCCc2ccccc2)NC(=O)C(N)CC(=O)c2ccccc2)OC1(C)C. The van der Waals surface area contributed by atoms with Crippen molar-refractivity contribution in [2.45, 2.75) is 76.6 Å². The van der Waals surface area contributed by atoms with E-state index in [9.17, 15) is 9.59 Å². The van der Waals surface area contributed by atoms with Gasteiger partial charge >= 0.3 is 7.12 Å². The van der Waals surface area contributed by atoms with Gasteiger partial charge in [-0.05, 0) is 52.5 Å². The molecule has 1 aliphatic rings. The molecule has 3 rings (SSSR count). The van der Waals surface area contributed by atoms with Crippen LogP contribution in [0.3, 0.4) is 0 Å². The minimum Gasteiger partial charge on any atom is -0.402 e. The average Bonchev–Trinajstić information content (AvgIpc) is 3.01. The van der Waals surface area contributed by atoms with E-state index in [1.54, 1.807) is 24.3 Å². The minimum absolute atomic E-state index is 0.0596. The van der Waals surface area contributed by atoms with Crippen LogP contribution in [0.1, 0.15) is 62.9 Å². The van der Waals surface area contributed by atoms with Gasteiger partial charge in [0.25, 0.3) is 0 Å². The molecule has 0 radical (unpaired) electrons. The highest BCUT2D eigenvalue weighted by Crippen LogP contribution is 2.38. The van der Waals surface area contributed by atoms with Crippen LogP contribution < -0.4 is 11.1 Å². The fourth-order valence-corrected chi connectivity index (χ4v) is 3.82. The number of aryl methyl sites for hydroxylation is 1. The van der Waals surface area contributed by atoms with Crippen molar-refractivity contribution in [1.82, 2.24) is 5.32 Å². The molecule has 1 aliphatic heterocycles. The number of nitrogens with two attached hydrogens (primary N) is 1. The first kappa shape index (κ1) is 25.2. The van der Waals surface area contributed by atoms with Crippen molar-refractivity contribution in [1.29, 1.82) is 0 Å². The summed E-state index contributed by atoms with van der Waals surface area (Å²) in [6, 6.07) is 18.1. The van der Waals surface area contributed by atoms with Crippen molar-refractivity contribution in [3.63, 3.8) is 0 Å². The Bertz CT molecular complexity index is 918. The van der Waals surface area contributed by atoms with E-state index >= 15 is 0 Å². The van der Waals surface area contributed by atoms with Crippen LogP contribution in [-0.2, 0) is 20.5 Å². The molecular weight excluding hydrogens is 415 g/mol. The van der Waals surface area contributed by atoms with Crippen molar-refractivity contribution in [2.75, 3.05) is 0 Å². The van der Waals surface area contributed by atoms with Gasteiger partial charge in [0, 0.05) is 12.0 Å². The molecule has 7 heteroatoms. The number of benzene rings is 2. The van der Waals surface area contributed by atoms with Gasteiger partial charge in [0.2, 0.25) is 5.91 Å². The largest absolute Gasteiger partial charge is 0.481 e. The number of nitrogens with one attached hydrogen (secondary N) is 1. The van der Waals surface area contributed by atoms with Crippen LogP contribution in [-0.4, -0.2) is 42.0 Å². The zero-order valence-corrected chi connectivity index (χ0v) is 20.0. The summed E-state index contributed by atoms with van der Waals surface area (Å²) in [5.41, 5.74) is 6.88. The van der Waals surface area contributed by atoms with Gasteiger partial charge in [0.1, 0.15) is 0 Å². The van der Waals surface area contributed by atoms with Crippen LogP contribution in [0.25, 0.3) is 0 Å². The third-order valence-corrected chi connectivity index (χ3v) is 6.59. The lowest BCUT2D eigenvalue weighted by atomic mass is 9.75. The molecule has 2 atom stereocenters. The highest BCUT2D eigenvalue weighted by molar-refractivity contribution is 6.48. The molecule has 1 heterocycles. The Kier molecular flexibility index (Phi) is 8.11. The Balaban J connectivity index is 1.65. The maximum Gasteiger partial charge on any atom is 0.481 e. The lowest BCUT2D eigenvalue weighted by Crippen LogP contribution is -2.53. The molecule has 176 valence electrons. The van der Waals surface area contributed by atoms with Crippen molar-refractivity contribution in [3.05, 3.63) is 71.8 Å². The van der Waals surface area contributed by atoms with Gasteiger partial charge in [-0.1, -0.05) is 60.7 Å². The van der Waals surface area contributed by atoms with Crippen molar-refractivity contribution in [3.8, 4) is 0 Å². The summed E-state index contributed by atoms with van der Waals surface area (Å²) in [6.45, 7) is 7.94. The van der Waals surface area contributed by atoms with Crippen molar-refractivity contribution >= 4 is 18.8 Å². The molecule has 2 aromatic rings. The predicted octanol–water partition coefficient (Wildman–Crippen LogP) is 3.73. The Morgan fingerprint density at radius 2 is 1.48 bits per heavy atom. The maximum absolute atomic E-state index is 12.9. The summed E-state index contributed by atoms with van der Waals surface area (Å²) >= 11 is 0. The standard InChI is InChI=1S/C26H35BN2O4/c1-25(2)26(3,4)33-27(32-25)23(17-11-14-19-12-7-5-8-13-19)29-24(31)21(28)18-22(30)20-15-9-6-10-16-20/h5-10,12-13,15-16,21,23H,11,14,17-18,28H2,1-4H3,(H,29,31)/t21?,23-/m0/s1. The van der Waals surface area contributed by atoms with E-state index in [1.807, 2.05) is 52.0 Å². The van der Waals surface area contributed by atoms with Crippen molar-refractivity contribution < 1.29 is 18.9 Å². The van der Waals surface area contributed by atoms with Crippen LogP contribution in [0.5, 0.6) is 0 Å². The van der Waals surface area contributed by atoms with Crippen LogP contribution in [0, 0.1) is 0 Å². The topological polar surface area (TPSA) is 90.6 Å². The van der Waals surface area contributed by atoms with Gasteiger partial charge in [-0.2, -0.15) is 0 Å². The second-order valence-corrected chi connectivity index (χ2v) is 9.72. The molecule has 2 aromatic carbocycles. The third kappa shape index (κ3) is 6.53. The molecule has 0 aliphatic carbocycles. The van der Waals surface area contributed by atoms with E-state index in [0.717, 1.165) is 12.8 Å². The van der Waals surface area contributed by atoms with E-state index in [2.05, 4.69) is 17.4 Å². The van der Waals surface area contributed by atoms with Crippen molar-refractivity contribution in [2.24, 2.45) is 5.73 Å². The van der Waals surface area contributed by atoms with Crippen LogP contribution in [0.2, 0.25) is 0 Å². The van der Waals surface area contributed by atoms with Gasteiger partial charge in [-0.3, -0.25) is 9.59 Å². The molecule has 1 amide bonds. The molecule has 0 bridgehead atoms. The number of carbonyl (C=O) groups excluding carboxylic acids is 2. The first-order valence-electron chi connectivity index (χ1n) is 11.6. The smallest absolute Gasteiger partial charge is 0.402 e. The summed E-state index contributed by atoms with van der Waals surface area (Å²) in [4.78, 5) is 25.4. The molecule has 6 nitrogen and oxygen atoms in total. The molecular formula is C26H35BN2O4. The van der Waals surface area contributed by atoms with Gasteiger partial charge in [0.05, 0.1) is 23.2 Å². The highest BCUT2D eigenvalue weighted by atomic mass is 16.7.